The fourth-order valence-electron chi connectivity index (χ4n) is 3.81. The highest BCUT2D eigenvalue weighted by Gasteiger charge is 2.47. The van der Waals surface area contributed by atoms with Gasteiger partial charge in [0.05, 0.1) is 17.9 Å². The zero-order valence-electron chi connectivity index (χ0n) is 14.8. The van der Waals surface area contributed by atoms with Gasteiger partial charge in [-0.25, -0.2) is 0 Å². The highest BCUT2D eigenvalue weighted by atomic mass is 16.3. The van der Waals surface area contributed by atoms with Gasteiger partial charge in [0.15, 0.2) is 0 Å². The first-order valence-electron chi connectivity index (χ1n) is 9.28. The summed E-state index contributed by atoms with van der Waals surface area (Å²) in [6.45, 7) is 4.38. The van der Waals surface area contributed by atoms with E-state index in [1.54, 1.807) is 6.26 Å². The molecule has 0 radical (unpaired) electrons. The predicted molar refractivity (Wildman–Crippen MR) is 97.2 cm³/mol. The molecule has 1 amide bonds. The molecule has 1 aliphatic carbocycles. The van der Waals surface area contributed by atoms with Crippen LogP contribution in [0.5, 0.6) is 0 Å². The van der Waals surface area contributed by atoms with Crippen molar-refractivity contribution >= 4 is 5.91 Å². The van der Waals surface area contributed by atoms with E-state index in [-0.39, 0.29) is 17.7 Å². The van der Waals surface area contributed by atoms with Crippen molar-refractivity contribution < 1.29 is 9.21 Å². The van der Waals surface area contributed by atoms with Crippen LogP contribution in [0.25, 0.3) is 0 Å². The molecule has 0 bridgehead atoms. The molecule has 2 aliphatic rings. The summed E-state index contributed by atoms with van der Waals surface area (Å²) >= 11 is 0. The number of carbonyl (C=O) groups is 1. The van der Waals surface area contributed by atoms with E-state index in [1.807, 2.05) is 41.3 Å². The lowest BCUT2D eigenvalue weighted by molar-refractivity contribution is -0.132. The molecule has 2 aromatic rings. The van der Waals surface area contributed by atoms with Crippen molar-refractivity contribution in [2.24, 2.45) is 5.92 Å². The molecule has 1 saturated carbocycles. The van der Waals surface area contributed by atoms with Crippen molar-refractivity contribution in [3.05, 3.63) is 59.5 Å². The number of carbonyl (C=O) groups excluding carboxylic acids is 1. The molecule has 134 valence electrons. The molecular weight excluding hydrogens is 326 g/mol. The quantitative estimate of drug-likeness (QED) is 0.851. The Morgan fingerprint density at radius 1 is 1.15 bits per heavy atom. The van der Waals surface area contributed by atoms with Gasteiger partial charge in [-0.3, -0.25) is 9.69 Å². The van der Waals surface area contributed by atoms with Crippen LogP contribution in [-0.2, 0) is 11.3 Å². The molecule has 1 saturated heterocycles. The van der Waals surface area contributed by atoms with Gasteiger partial charge in [0, 0.05) is 44.6 Å². The van der Waals surface area contributed by atoms with Gasteiger partial charge in [-0.1, -0.05) is 12.1 Å². The van der Waals surface area contributed by atoms with Crippen molar-refractivity contribution in [3.8, 4) is 6.07 Å². The van der Waals surface area contributed by atoms with Gasteiger partial charge in [0.25, 0.3) is 0 Å². The Kier molecular flexibility index (Phi) is 4.77. The number of hydrogen-bond acceptors (Lipinski definition) is 4. The number of rotatable bonds is 4. The predicted octanol–water partition coefficient (Wildman–Crippen LogP) is 2.99. The molecule has 1 aromatic carbocycles. The topological polar surface area (TPSA) is 60.5 Å². The lowest BCUT2D eigenvalue weighted by atomic mass is 10.1. The minimum Gasteiger partial charge on any atom is -0.469 e. The van der Waals surface area contributed by atoms with Gasteiger partial charge >= 0.3 is 0 Å². The summed E-state index contributed by atoms with van der Waals surface area (Å²) in [5, 5.41) is 8.89. The molecule has 1 aliphatic heterocycles. The molecule has 0 spiro atoms. The Hall–Kier alpha value is -2.58. The van der Waals surface area contributed by atoms with Crippen molar-refractivity contribution in [2.75, 3.05) is 26.2 Å². The summed E-state index contributed by atoms with van der Waals surface area (Å²) in [6, 6.07) is 13.8. The monoisotopic (exact) mass is 349 g/mol. The molecule has 2 fully saturated rings. The molecule has 2 heterocycles. The first-order valence-corrected chi connectivity index (χ1v) is 9.28. The summed E-state index contributed by atoms with van der Waals surface area (Å²) in [5.41, 5.74) is 1.90. The fraction of sp³-hybridized carbons (Fsp3) is 0.429. The zero-order chi connectivity index (χ0) is 17.9. The van der Waals surface area contributed by atoms with Gasteiger partial charge in [-0.05, 0) is 42.7 Å². The van der Waals surface area contributed by atoms with Crippen molar-refractivity contribution in [1.82, 2.24) is 9.80 Å². The molecule has 4 rings (SSSR count). The fourth-order valence-corrected chi connectivity index (χ4v) is 3.81. The smallest absolute Gasteiger partial charge is 0.226 e. The maximum absolute atomic E-state index is 12.8. The van der Waals surface area contributed by atoms with E-state index in [0.717, 1.165) is 51.3 Å². The third-order valence-corrected chi connectivity index (χ3v) is 5.41. The second-order valence-corrected chi connectivity index (χ2v) is 7.23. The van der Waals surface area contributed by atoms with E-state index in [2.05, 4.69) is 11.0 Å². The average Bonchev–Trinajstić information content (AvgIpc) is 3.35. The number of furan rings is 1. The first kappa shape index (κ1) is 16.9. The van der Waals surface area contributed by atoms with E-state index >= 15 is 0 Å². The minimum atomic E-state index is 0.103. The molecule has 5 heteroatoms. The standard InChI is InChI=1S/C21H23N3O2/c22-14-16-4-6-17(7-5-16)15-23-8-2-9-24(11-10-23)21(25)19-13-18(19)20-3-1-12-26-20/h1,3-7,12,18-19H,2,8-11,13,15H2/t18-,19+/m0/s1. The average molecular weight is 349 g/mol. The molecular formula is C21H23N3O2. The Balaban J connectivity index is 1.30. The van der Waals surface area contributed by atoms with E-state index in [1.165, 1.54) is 5.56 Å². The molecule has 2 atom stereocenters. The molecule has 5 nitrogen and oxygen atoms in total. The maximum atomic E-state index is 12.8. The summed E-state index contributed by atoms with van der Waals surface area (Å²) in [7, 11) is 0. The van der Waals surface area contributed by atoms with Gasteiger partial charge in [-0.15, -0.1) is 0 Å². The molecule has 0 N–H and O–H groups in total. The number of hydrogen-bond donors (Lipinski definition) is 0. The number of amides is 1. The van der Waals surface area contributed by atoms with Crippen molar-refractivity contribution in [1.29, 1.82) is 5.26 Å². The second-order valence-electron chi connectivity index (χ2n) is 7.23. The van der Waals surface area contributed by atoms with E-state index in [4.69, 9.17) is 9.68 Å². The van der Waals surface area contributed by atoms with Crippen molar-refractivity contribution in [2.45, 2.75) is 25.3 Å². The highest BCUT2D eigenvalue weighted by Crippen LogP contribution is 2.48. The first-order chi connectivity index (χ1) is 12.7. The molecule has 0 unspecified atom stereocenters. The summed E-state index contributed by atoms with van der Waals surface area (Å²) in [6.07, 6.45) is 3.60. The normalized spacial score (nSPS) is 23.3. The SMILES string of the molecule is N#Cc1ccc(CN2CCCN(C(=O)[C@@H]3C[C@@H]3c3ccco3)CC2)cc1. The lowest BCUT2D eigenvalue weighted by Crippen LogP contribution is -2.36. The summed E-state index contributed by atoms with van der Waals surface area (Å²) < 4.78 is 5.45. The summed E-state index contributed by atoms with van der Waals surface area (Å²) in [4.78, 5) is 17.2. The van der Waals surface area contributed by atoms with Crippen LogP contribution in [0.15, 0.2) is 47.1 Å². The van der Waals surface area contributed by atoms with Crippen LogP contribution in [0.3, 0.4) is 0 Å². The van der Waals surface area contributed by atoms with Crippen LogP contribution in [0.2, 0.25) is 0 Å². The van der Waals surface area contributed by atoms with Crippen LogP contribution in [0, 0.1) is 17.2 Å². The van der Waals surface area contributed by atoms with Crippen LogP contribution >= 0.6 is 0 Å². The Morgan fingerprint density at radius 2 is 2.00 bits per heavy atom. The number of benzene rings is 1. The zero-order valence-corrected chi connectivity index (χ0v) is 14.8. The van der Waals surface area contributed by atoms with Crippen molar-refractivity contribution in [3.63, 3.8) is 0 Å². The van der Waals surface area contributed by atoms with E-state index in [9.17, 15) is 4.79 Å². The summed E-state index contributed by atoms with van der Waals surface area (Å²) in [5.74, 6) is 1.61. The van der Waals surface area contributed by atoms with Gasteiger partial charge in [-0.2, -0.15) is 5.26 Å². The number of nitrogens with zero attached hydrogens (tertiary/aromatic N) is 3. The Bertz CT molecular complexity index is 792. The van der Waals surface area contributed by atoms with Crippen LogP contribution in [0.4, 0.5) is 0 Å². The molecule has 1 aromatic heterocycles. The number of nitriles is 1. The van der Waals surface area contributed by atoms with Gasteiger partial charge < -0.3 is 9.32 Å². The highest BCUT2D eigenvalue weighted by molar-refractivity contribution is 5.82. The minimum absolute atomic E-state index is 0.103. The second kappa shape index (κ2) is 7.35. The van der Waals surface area contributed by atoms with E-state index < -0.39 is 0 Å². The Morgan fingerprint density at radius 3 is 2.73 bits per heavy atom. The lowest BCUT2D eigenvalue weighted by Gasteiger charge is -2.22. The maximum Gasteiger partial charge on any atom is 0.226 e. The van der Waals surface area contributed by atoms with Crippen LogP contribution in [0.1, 0.15) is 35.6 Å². The van der Waals surface area contributed by atoms with Crippen LogP contribution < -0.4 is 0 Å². The van der Waals surface area contributed by atoms with Gasteiger partial charge in [0.1, 0.15) is 5.76 Å². The van der Waals surface area contributed by atoms with Crippen LogP contribution in [-0.4, -0.2) is 41.9 Å². The largest absolute Gasteiger partial charge is 0.469 e. The van der Waals surface area contributed by atoms with E-state index in [0.29, 0.717) is 5.56 Å². The molecule has 26 heavy (non-hydrogen) atoms. The third-order valence-electron chi connectivity index (χ3n) is 5.41. The third kappa shape index (κ3) is 3.66. The van der Waals surface area contributed by atoms with Gasteiger partial charge in [0.2, 0.25) is 5.91 Å². The Labute approximate surface area is 153 Å².